The number of nitrogens with zero attached hydrogens (tertiary/aromatic N) is 4. The lowest BCUT2D eigenvalue weighted by molar-refractivity contribution is -0.144. The molecule has 0 aromatic carbocycles. The van der Waals surface area contributed by atoms with Gasteiger partial charge in [-0.1, -0.05) is 6.92 Å². The molecule has 5 rings (SSSR count). The molecule has 226 valence electrons. The van der Waals surface area contributed by atoms with Crippen molar-refractivity contribution in [1.29, 1.82) is 0 Å². The molecular formula is C29H33F5N6O2. The first-order chi connectivity index (χ1) is 19.9. The van der Waals surface area contributed by atoms with Crippen LogP contribution in [0.3, 0.4) is 0 Å². The second-order valence-electron chi connectivity index (χ2n) is 11.3. The minimum Gasteiger partial charge on any atom is -0.349 e. The van der Waals surface area contributed by atoms with Gasteiger partial charge in [-0.05, 0) is 67.7 Å². The summed E-state index contributed by atoms with van der Waals surface area (Å²) in [6.45, 7) is 1.93. The summed E-state index contributed by atoms with van der Waals surface area (Å²) < 4.78 is 67.3. The zero-order valence-electron chi connectivity index (χ0n) is 23.1. The number of pyridine rings is 1. The monoisotopic (exact) mass is 592 g/mol. The molecule has 42 heavy (non-hydrogen) atoms. The highest BCUT2D eigenvalue weighted by molar-refractivity contribution is 5.94. The van der Waals surface area contributed by atoms with E-state index in [0.717, 1.165) is 18.5 Å². The molecule has 0 bridgehead atoms. The molecule has 13 heteroatoms. The normalized spacial score (nSPS) is 18.9. The minimum atomic E-state index is -4.42. The molecule has 2 aliphatic carbocycles. The van der Waals surface area contributed by atoms with Crippen molar-refractivity contribution in [3.63, 3.8) is 0 Å². The number of aryl methyl sites for hydroxylation is 1. The van der Waals surface area contributed by atoms with Gasteiger partial charge in [0.1, 0.15) is 0 Å². The number of fused-ring (bicyclic) bond motifs is 1. The van der Waals surface area contributed by atoms with Crippen molar-refractivity contribution in [3.8, 4) is 0 Å². The van der Waals surface area contributed by atoms with E-state index in [1.807, 2.05) is 6.92 Å². The summed E-state index contributed by atoms with van der Waals surface area (Å²) in [5.41, 5.74) is 2.65. The summed E-state index contributed by atoms with van der Waals surface area (Å²) in [5, 5.41) is 10.2. The van der Waals surface area contributed by atoms with Crippen LogP contribution >= 0.6 is 0 Å². The molecule has 2 saturated carbocycles. The number of carbonyl (C=O) groups excluding carboxylic acids is 2. The average Bonchev–Trinajstić information content (AvgIpc) is 3.71. The van der Waals surface area contributed by atoms with Crippen molar-refractivity contribution < 1.29 is 31.5 Å². The molecule has 2 N–H and O–H groups in total. The smallest absolute Gasteiger partial charge is 0.349 e. The van der Waals surface area contributed by atoms with Gasteiger partial charge in [0.15, 0.2) is 5.65 Å². The number of rotatable bonds is 10. The summed E-state index contributed by atoms with van der Waals surface area (Å²) in [6, 6.07) is 3.85. The van der Waals surface area contributed by atoms with Crippen LogP contribution in [0, 0.1) is 11.8 Å². The Hall–Kier alpha value is -3.64. The number of alkyl halides is 5. The fraction of sp³-hybridized carbons (Fsp3) is 0.552. The Morgan fingerprint density at radius 3 is 2.45 bits per heavy atom. The zero-order valence-corrected chi connectivity index (χ0v) is 23.1. The number of imidazole rings is 1. The van der Waals surface area contributed by atoms with Gasteiger partial charge in [-0.2, -0.15) is 18.3 Å². The van der Waals surface area contributed by atoms with Gasteiger partial charge >= 0.3 is 6.18 Å². The second kappa shape index (κ2) is 11.9. The Morgan fingerprint density at radius 2 is 1.79 bits per heavy atom. The van der Waals surface area contributed by atoms with E-state index in [1.54, 1.807) is 36.8 Å². The molecule has 8 nitrogen and oxygen atoms in total. The van der Waals surface area contributed by atoms with Gasteiger partial charge in [-0.15, -0.1) is 0 Å². The fourth-order valence-electron chi connectivity index (χ4n) is 5.50. The molecule has 2 amide bonds. The number of carbonyl (C=O) groups is 2. The number of halogens is 5. The topological polar surface area (TPSA) is 101 Å². The first-order valence-electron chi connectivity index (χ1n) is 14.3. The fourth-order valence-corrected chi connectivity index (χ4v) is 5.50. The molecule has 2 fully saturated rings. The van der Waals surface area contributed by atoms with Crippen LogP contribution in [0.15, 0.2) is 36.8 Å². The summed E-state index contributed by atoms with van der Waals surface area (Å²) >= 11 is 0. The Balaban J connectivity index is 1.40. The highest BCUT2D eigenvalue weighted by Crippen LogP contribution is 2.43. The van der Waals surface area contributed by atoms with E-state index in [4.69, 9.17) is 4.98 Å². The molecule has 3 heterocycles. The maximum atomic E-state index is 14.0. The summed E-state index contributed by atoms with van der Waals surface area (Å²) in [7, 11) is 0. The summed E-state index contributed by atoms with van der Waals surface area (Å²) in [4.78, 5) is 34.5. The molecule has 2 atom stereocenters. The zero-order chi connectivity index (χ0) is 30.1. The Morgan fingerprint density at radius 1 is 1.07 bits per heavy atom. The lowest BCUT2D eigenvalue weighted by Crippen LogP contribution is -2.37. The number of hydrogen-bond acceptors (Lipinski definition) is 5. The van der Waals surface area contributed by atoms with Crippen LogP contribution in [0.4, 0.5) is 22.0 Å². The first kappa shape index (κ1) is 29.8. The predicted octanol–water partition coefficient (Wildman–Crippen LogP) is 5.89. The lowest BCUT2D eigenvalue weighted by atomic mass is 9.81. The van der Waals surface area contributed by atoms with E-state index < -0.39 is 42.9 Å². The van der Waals surface area contributed by atoms with E-state index in [1.165, 1.54) is 4.52 Å². The predicted molar refractivity (Wildman–Crippen MR) is 143 cm³/mol. The van der Waals surface area contributed by atoms with Crippen LogP contribution < -0.4 is 10.6 Å². The van der Waals surface area contributed by atoms with Crippen molar-refractivity contribution in [2.24, 2.45) is 11.8 Å². The summed E-state index contributed by atoms with van der Waals surface area (Å²) in [5.74, 6) is -3.99. The van der Waals surface area contributed by atoms with Crippen LogP contribution in [0.2, 0.25) is 0 Å². The van der Waals surface area contributed by atoms with Crippen molar-refractivity contribution in [2.45, 2.75) is 88.9 Å². The van der Waals surface area contributed by atoms with Gasteiger partial charge in [-0.3, -0.25) is 14.6 Å². The maximum Gasteiger partial charge on any atom is 0.389 e. The van der Waals surface area contributed by atoms with E-state index in [9.17, 15) is 31.5 Å². The van der Waals surface area contributed by atoms with Crippen LogP contribution in [-0.2, 0) is 11.2 Å². The van der Waals surface area contributed by atoms with Crippen molar-refractivity contribution in [2.75, 3.05) is 0 Å². The lowest BCUT2D eigenvalue weighted by Gasteiger charge is -2.33. The molecule has 0 radical (unpaired) electrons. The third-order valence-corrected chi connectivity index (χ3v) is 8.04. The number of amides is 2. The third kappa shape index (κ3) is 7.40. The SMILES string of the molecule is CCc1cc(C(=O)N[C@H](c2cn3ncc([C@H](NC(=O)CCC(F)(F)F)C4CC4)cc3n2)C2CCC(F)(F)CC2)ccn1. The van der Waals surface area contributed by atoms with Crippen LogP contribution in [0.1, 0.15) is 97.7 Å². The van der Waals surface area contributed by atoms with E-state index in [-0.39, 0.29) is 43.4 Å². The number of nitrogens with one attached hydrogen (secondary N) is 2. The van der Waals surface area contributed by atoms with E-state index in [0.29, 0.717) is 28.9 Å². The van der Waals surface area contributed by atoms with Crippen LogP contribution in [0.25, 0.3) is 5.65 Å². The van der Waals surface area contributed by atoms with Crippen LogP contribution in [0.5, 0.6) is 0 Å². The Bertz CT molecular complexity index is 1430. The quantitative estimate of drug-likeness (QED) is 0.286. The Kier molecular flexibility index (Phi) is 8.47. The number of aromatic nitrogens is 4. The van der Waals surface area contributed by atoms with Crippen molar-refractivity contribution in [3.05, 3.63) is 59.3 Å². The summed E-state index contributed by atoms with van der Waals surface area (Å²) in [6.07, 6.45) is 0.598. The second-order valence-corrected chi connectivity index (χ2v) is 11.3. The van der Waals surface area contributed by atoms with Gasteiger partial charge in [0.05, 0.1) is 36.6 Å². The van der Waals surface area contributed by atoms with E-state index in [2.05, 4.69) is 20.7 Å². The highest BCUT2D eigenvalue weighted by Gasteiger charge is 2.40. The molecule has 0 spiro atoms. The molecule has 2 aliphatic rings. The molecule has 0 unspecified atom stereocenters. The van der Waals surface area contributed by atoms with Gasteiger partial charge < -0.3 is 10.6 Å². The maximum absolute atomic E-state index is 14.0. The van der Waals surface area contributed by atoms with Crippen molar-refractivity contribution in [1.82, 2.24) is 30.2 Å². The largest absolute Gasteiger partial charge is 0.389 e. The molecule has 0 aliphatic heterocycles. The first-order valence-corrected chi connectivity index (χ1v) is 14.3. The average molecular weight is 593 g/mol. The van der Waals surface area contributed by atoms with Crippen LogP contribution in [-0.4, -0.2) is 43.5 Å². The van der Waals surface area contributed by atoms with Gasteiger partial charge in [0, 0.05) is 36.7 Å². The molecule has 3 aromatic rings. The third-order valence-electron chi connectivity index (χ3n) is 8.04. The number of hydrogen-bond donors (Lipinski definition) is 2. The van der Waals surface area contributed by atoms with Gasteiger partial charge in [0.25, 0.3) is 5.91 Å². The standard InChI is InChI=1S/C29H33F5N6O2/c1-2-21-13-19(8-12-35-21)27(42)39-26(18-5-9-28(30,31)10-6-18)22-16-40-23(37-22)14-20(15-36-40)25(17-3-4-17)38-24(41)7-11-29(32,33)34/h8,12-18,25-26H,2-7,9-11H2,1H3,(H,38,41)(H,39,42)/t25-,26+/m1/s1. The van der Waals surface area contributed by atoms with Crippen molar-refractivity contribution >= 4 is 17.5 Å². The molecular weight excluding hydrogens is 559 g/mol. The molecule has 0 saturated heterocycles. The van der Waals surface area contributed by atoms with E-state index >= 15 is 0 Å². The van der Waals surface area contributed by atoms with Gasteiger partial charge in [0.2, 0.25) is 11.8 Å². The minimum absolute atomic E-state index is 0.0860. The highest BCUT2D eigenvalue weighted by atomic mass is 19.4. The van der Waals surface area contributed by atoms with Gasteiger partial charge in [-0.25, -0.2) is 18.3 Å². The molecule has 3 aromatic heterocycles. The Labute approximate surface area is 239 Å².